The van der Waals surface area contributed by atoms with Crippen LogP contribution in [-0.4, -0.2) is 40.1 Å². The highest BCUT2D eigenvalue weighted by atomic mass is 19.1. The third kappa shape index (κ3) is 4.49. The van der Waals surface area contributed by atoms with E-state index >= 15 is 4.39 Å². The van der Waals surface area contributed by atoms with E-state index < -0.39 is 28.9 Å². The Morgan fingerprint density at radius 3 is 2.26 bits per heavy atom. The highest BCUT2D eigenvalue weighted by Crippen LogP contribution is 2.48. The molecule has 2 amide bonds. The first kappa shape index (κ1) is 24.3. The summed E-state index contributed by atoms with van der Waals surface area (Å²) in [6, 6.07) is 10.4. The van der Waals surface area contributed by atoms with E-state index in [1.807, 2.05) is 0 Å². The predicted molar refractivity (Wildman–Crippen MR) is 134 cm³/mol. The number of halogens is 2. The van der Waals surface area contributed by atoms with Crippen LogP contribution >= 0.6 is 0 Å². The van der Waals surface area contributed by atoms with Gasteiger partial charge in [0.15, 0.2) is 23.1 Å². The van der Waals surface area contributed by atoms with Gasteiger partial charge in [0.25, 0.3) is 0 Å². The standard InChI is InChI=1S/C27H20F2N4O6/c28-14-1-3-15(4-2-14)32-25(35)27(7-8-27)26(36)33-16-5-6-20(17(29)11-16)39-24-21-18(30-13-31-24)12-19(34)22-23(21)38-10-9-37-22/h1-6,11-13,34H,7-10H2,(H,32,35)(H,33,36). The zero-order valence-electron chi connectivity index (χ0n) is 20.2. The van der Waals surface area contributed by atoms with E-state index in [2.05, 4.69) is 20.6 Å². The number of nitrogens with zero attached hydrogens (tertiary/aromatic N) is 2. The van der Waals surface area contributed by atoms with Crippen molar-refractivity contribution >= 4 is 34.1 Å². The van der Waals surface area contributed by atoms with Crippen LogP contribution in [0.1, 0.15) is 12.8 Å². The number of anilines is 2. The summed E-state index contributed by atoms with van der Waals surface area (Å²) < 4.78 is 45.1. The number of hydrogen-bond donors (Lipinski definition) is 3. The highest BCUT2D eigenvalue weighted by molar-refractivity contribution is 6.16. The number of fused-ring (bicyclic) bond motifs is 3. The van der Waals surface area contributed by atoms with Gasteiger partial charge in [0.2, 0.25) is 23.4 Å². The number of aromatic nitrogens is 2. The van der Waals surface area contributed by atoms with Crippen LogP contribution in [0.4, 0.5) is 20.2 Å². The molecule has 1 aliphatic carbocycles. The Hall–Kier alpha value is -5.00. The topological polar surface area (TPSA) is 132 Å². The number of phenolic OH excluding ortho intramolecular Hbond substituents is 1. The molecule has 10 nitrogen and oxygen atoms in total. The SMILES string of the molecule is O=C(Nc1ccc(F)cc1)C1(C(=O)Nc2ccc(Oc3ncnc4cc(O)c5c(c34)OCCO5)c(F)c2)CC1. The fraction of sp³-hybridized carbons (Fsp3) is 0.185. The number of carbonyl (C=O) groups excluding carboxylic acids is 2. The first-order valence-corrected chi connectivity index (χ1v) is 12.0. The minimum atomic E-state index is -1.30. The maximum absolute atomic E-state index is 15.1. The normalized spacial score (nSPS) is 14.9. The van der Waals surface area contributed by atoms with Crippen molar-refractivity contribution in [2.75, 3.05) is 23.8 Å². The summed E-state index contributed by atoms with van der Waals surface area (Å²) in [6.45, 7) is 0.471. The summed E-state index contributed by atoms with van der Waals surface area (Å²) in [5, 5.41) is 15.7. The van der Waals surface area contributed by atoms with Crippen LogP contribution in [-0.2, 0) is 9.59 Å². The number of rotatable bonds is 6. The van der Waals surface area contributed by atoms with E-state index in [-0.39, 0.29) is 47.8 Å². The lowest BCUT2D eigenvalue weighted by Crippen LogP contribution is -2.35. The average Bonchev–Trinajstić information content (AvgIpc) is 3.74. The van der Waals surface area contributed by atoms with E-state index in [0.717, 1.165) is 6.07 Å². The van der Waals surface area contributed by atoms with E-state index in [0.29, 0.717) is 29.4 Å². The Kier molecular flexibility index (Phi) is 5.86. The minimum Gasteiger partial charge on any atom is -0.504 e. The molecular formula is C27H20F2N4O6. The van der Waals surface area contributed by atoms with Crippen molar-refractivity contribution in [1.82, 2.24) is 9.97 Å². The zero-order valence-corrected chi connectivity index (χ0v) is 20.2. The van der Waals surface area contributed by atoms with Gasteiger partial charge in [0.05, 0.1) is 5.52 Å². The number of carbonyl (C=O) groups is 2. The number of aromatic hydroxyl groups is 1. The van der Waals surface area contributed by atoms with Gasteiger partial charge in [-0.25, -0.2) is 18.7 Å². The van der Waals surface area contributed by atoms with E-state index in [9.17, 15) is 19.1 Å². The monoisotopic (exact) mass is 534 g/mol. The van der Waals surface area contributed by atoms with Crippen LogP contribution in [0.2, 0.25) is 0 Å². The number of benzene rings is 3. The number of ether oxygens (including phenoxy) is 3. The molecule has 1 aliphatic heterocycles. The van der Waals surface area contributed by atoms with Gasteiger partial charge in [-0.3, -0.25) is 9.59 Å². The van der Waals surface area contributed by atoms with Gasteiger partial charge in [-0.05, 0) is 49.2 Å². The third-order valence-electron chi connectivity index (χ3n) is 6.48. The maximum Gasteiger partial charge on any atom is 0.240 e. The smallest absolute Gasteiger partial charge is 0.240 e. The molecule has 6 rings (SSSR count). The molecule has 0 spiro atoms. The largest absolute Gasteiger partial charge is 0.504 e. The van der Waals surface area contributed by atoms with Crippen molar-refractivity contribution in [3.63, 3.8) is 0 Å². The second-order valence-electron chi connectivity index (χ2n) is 9.07. The quantitative estimate of drug-likeness (QED) is 0.308. The van der Waals surface area contributed by atoms with Gasteiger partial charge < -0.3 is 30.0 Å². The molecule has 1 fully saturated rings. The average molecular weight is 534 g/mol. The molecule has 198 valence electrons. The molecule has 0 radical (unpaired) electrons. The molecule has 2 aliphatic rings. The van der Waals surface area contributed by atoms with Crippen LogP contribution in [0, 0.1) is 17.0 Å². The molecule has 0 unspecified atom stereocenters. The van der Waals surface area contributed by atoms with Crippen molar-refractivity contribution < 1.29 is 37.7 Å². The molecule has 1 aromatic heterocycles. The number of hydrogen-bond acceptors (Lipinski definition) is 8. The van der Waals surface area contributed by atoms with Crippen molar-refractivity contribution in [2.45, 2.75) is 12.8 Å². The molecule has 4 aromatic rings. The summed E-state index contributed by atoms with van der Waals surface area (Å²) >= 11 is 0. The molecule has 2 heterocycles. The molecule has 0 atom stereocenters. The van der Waals surface area contributed by atoms with Crippen LogP contribution in [0.15, 0.2) is 54.9 Å². The van der Waals surface area contributed by atoms with Crippen LogP contribution in [0.25, 0.3) is 10.9 Å². The molecule has 3 aromatic carbocycles. The van der Waals surface area contributed by atoms with Gasteiger partial charge in [-0.2, -0.15) is 0 Å². The first-order valence-electron chi connectivity index (χ1n) is 12.0. The Bertz CT molecular complexity index is 1630. The van der Waals surface area contributed by atoms with Gasteiger partial charge in [-0.15, -0.1) is 0 Å². The second kappa shape index (κ2) is 9.39. The lowest BCUT2D eigenvalue weighted by Gasteiger charge is -2.21. The summed E-state index contributed by atoms with van der Waals surface area (Å²) in [4.78, 5) is 33.9. The maximum atomic E-state index is 15.1. The molecule has 0 bridgehead atoms. The molecule has 1 saturated carbocycles. The van der Waals surface area contributed by atoms with E-state index in [1.54, 1.807) is 0 Å². The Morgan fingerprint density at radius 1 is 0.897 bits per heavy atom. The van der Waals surface area contributed by atoms with E-state index in [4.69, 9.17) is 14.2 Å². The van der Waals surface area contributed by atoms with E-state index in [1.165, 1.54) is 48.8 Å². The van der Waals surface area contributed by atoms with Crippen molar-refractivity contribution in [3.8, 4) is 28.9 Å². The fourth-order valence-corrected chi connectivity index (χ4v) is 4.25. The zero-order chi connectivity index (χ0) is 27.1. The van der Waals surface area contributed by atoms with Gasteiger partial charge in [-0.1, -0.05) is 0 Å². The highest BCUT2D eigenvalue weighted by Gasteiger charge is 2.56. The third-order valence-corrected chi connectivity index (χ3v) is 6.48. The Balaban J connectivity index is 1.20. The Morgan fingerprint density at radius 2 is 1.56 bits per heavy atom. The Labute approximate surface area is 219 Å². The fourth-order valence-electron chi connectivity index (χ4n) is 4.25. The molecule has 0 saturated heterocycles. The summed E-state index contributed by atoms with van der Waals surface area (Å²) in [7, 11) is 0. The lowest BCUT2D eigenvalue weighted by atomic mass is 10.0. The number of nitrogens with one attached hydrogen (secondary N) is 2. The summed E-state index contributed by atoms with van der Waals surface area (Å²) in [5.41, 5.74) is -0.511. The summed E-state index contributed by atoms with van der Waals surface area (Å²) in [6.07, 6.45) is 1.84. The second-order valence-corrected chi connectivity index (χ2v) is 9.07. The van der Waals surface area contributed by atoms with Crippen LogP contribution in [0.3, 0.4) is 0 Å². The summed E-state index contributed by atoms with van der Waals surface area (Å²) in [5.74, 6) is -2.43. The van der Waals surface area contributed by atoms with Crippen molar-refractivity contribution in [2.24, 2.45) is 5.41 Å². The first-order chi connectivity index (χ1) is 18.8. The molecule has 3 N–H and O–H groups in total. The molecule has 12 heteroatoms. The van der Waals surface area contributed by atoms with Gasteiger partial charge in [0, 0.05) is 23.5 Å². The van der Waals surface area contributed by atoms with Crippen molar-refractivity contribution in [3.05, 3.63) is 66.5 Å². The lowest BCUT2D eigenvalue weighted by molar-refractivity contribution is -0.131. The van der Waals surface area contributed by atoms with Gasteiger partial charge >= 0.3 is 0 Å². The van der Waals surface area contributed by atoms with Gasteiger partial charge in [0.1, 0.15) is 36.2 Å². The molecule has 39 heavy (non-hydrogen) atoms. The van der Waals surface area contributed by atoms with Crippen molar-refractivity contribution in [1.29, 1.82) is 0 Å². The number of phenols is 1. The number of amides is 2. The minimum absolute atomic E-state index is 0.0215. The van der Waals surface area contributed by atoms with Crippen LogP contribution < -0.4 is 24.8 Å². The molecular weight excluding hydrogens is 514 g/mol. The predicted octanol–water partition coefficient (Wildman–Crippen LogP) is 4.53. The van der Waals surface area contributed by atoms with Crippen LogP contribution in [0.5, 0.6) is 28.9 Å².